The van der Waals surface area contributed by atoms with Crippen LogP contribution >= 0.6 is 7.82 Å². The van der Waals surface area contributed by atoms with Gasteiger partial charge in [0.15, 0.2) is 6.10 Å². The summed E-state index contributed by atoms with van der Waals surface area (Å²) >= 11 is 0. The molecule has 0 aliphatic rings. The average molecular weight is 788 g/mol. The zero-order chi connectivity index (χ0) is 40.3. The quantitative estimate of drug-likeness (QED) is 0.0206. The van der Waals surface area contributed by atoms with Crippen molar-refractivity contribution in [3.05, 3.63) is 36.5 Å². The number of esters is 2. The Labute approximate surface area is 328 Å². The van der Waals surface area contributed by atoms with E-state index in [9.17, 15) is 29.3 Å². The number of hydrogen-bond donors (Lipinski definition) is 2. The first kappa shape index (κ1) is 52.2. The van der Waals surface area contributed by atoms with Gasteiger partial charge < -0.3 is 38.1 Å². The highest BCUT2D eigenvalue weighted by Crippen LogP contribution is 2.38. The lowest BCUT2D eigenvalue weighted by Gasteiger charge is -2.28. The van der Waals surface area contributed by atoms with Crippen LogP contribution in [-0.2, 0) is 32.7 Å². The third kappa shape index (κ3) is 35.8. The number of aliphatic hydroxyl groups is 2. The Kier molecular flexibility index (Phi) is 33.2. The topological polar surface area (TPSA) is 152 Å². The fourth-order valence-corrected chi connectivity index (χ4v) is 6.13. The number of hydrogen-bond acceptors (Lipinski definition) is 10. The number of aliphatic hydroxyl groups excluding tert-OH is 2. The lowest BCUT2D eigenvalue weighted by Crippen LogP contribution is -2.37. The minimum atomic E-state index is -4.69. The molecule has 0 fully saturated rings. The van der Waals surface area contributed by atoms with E-state index in [1.54, 1.807) is 0 Å². The van der Waals surface area contributed by atoms with Gasteiger partial charge in [-0.25, -0.2) is 0 Å². The maximum Gasteiger partial charge on any atom is 0.306 e. The van der Waals surface area contributed by atoms with E-state index < -0.39 is 44.7 Å². The molecule has 0 heterocycles. The molecule has 0 spiro atoms. The van der Waals surface area contributed by atoms with E-state index in [2.05, 4.69) is 38.2 Å². The summed E-state index contributed by atoms with van der Waals surface area (Å²) in [5.74, 6) is -1.12. The van der Waals surface area contributed by atoms with E-state index in [4.69, 9.17) is 18.5 Å². The van der Waals surface area contributed by atoms with Crippen molar-refractivity contribution >= 4 is 19.8 Å². The Morgan fingerprint density at radius 3 is 1.81 bits per heavy atom. The number of likely N-dealkylation sites (N-methyl/N-ethyl adjacent to an activating group) is 1. The number of carbonyl (C=O) groups excluding carboxylic acids is 2. The summed E-state index contributed by atoms with van der Waals surface area (Å²) in [6.07, 6.45) is 29.2. The fraction of sp³-hybridized carbons (Fsp3) is 0.810. The van der Waals surface area contributed by atoms with E-state index in [0.717, 1.165) is 38.5 Å². The molecular weight excluding hydrogens is 709 g/mol. The maximum atomic E-state index is 12.6. The van der Waals surface area contributed by atoms with E-state index in [0.29, 0.717) is 23.9 Å². The van der Waals surface area contributed by atoms with E-state index >= 15 is 0 Å². The van der Waals surface area contributed by atoms with Gasteiger partial charge in [0.25, 0.3) is 7.82 Å². The number of phosphoric ester groups is 1. The van der Waals surface area contributed by atoms with Crippen LogP contribution in [0.1, 0.15) is 155 Å². The van der Waals surface area contributed by atoms with E-state index in [1.807, 2.05) is 33.3 Å². The second-order valence-electron chi connectivity index (χ2n) is 15.3. The van der Waals surface area contributed by atoms with Crippen molar-refractivity contribution in [2.45, 2.75) is 173 Å². The van der Waals surface area contributed by atoms with Crippen molar-refractivity contribution in [1.82, 2.24) is 0 Å². The fourth-order valence-electron chi connectivity index (χ4n) is 5.40. The summed E-state index contributed by atoms with van der Waals surface area (Å²) < 4.78 is 33.6. The highest BCUT2D eigenvalue weighted by molar-refractivity contribution is 7.45. The highest BCUT2D eigenvalue weighted by Gasteiger charge is 2.22. The Balaban J connectivity index is 4.62. The molecule has 0 aliphatic heterocycles. The first-order chi connectivity index (χ1) is 25.8. The molecule has 0 rings (SSSR count). The van der Waals surface area contributed by atoms with Crippen LogP contribution in [0.3, 0.4) is 0 Å². The molecule has 0 aromatic heterocycles. The number of ether oxygens (including phenoxy) is 2. The molecule has 0 radical (unpaired) electrons. The van der Waals surface area contributed by atoms with Crippen LogP contribution in [0.4, 0.5) is 0 Å². The predicted molar refractivity (Wildman–Crippen MR) is 216 cm³/mol. The Morgan fingerprint density at radius 1 is 0.667 bits per heavy atom. The zero-order valence-electron chi connectivity index (χ0n) is 34.6. The summed E-state index contributed by atoms with van der Waals surface area (Å²) in [5.41, 5.74) is 0. The van der Waals surface area contributed by atoms with Crippen LogP contribution in [0, 0.1) is 0 Å². The summed E-state index contributed by atoms with van der Waals surface area (Å²) in [6, 6.07) is 0. The summed E-state index contributed by atoms with van der Waals surface area (Å²) in [4.78, 5) is 37.5. The lowest BCUT2D eigenvalue weighted by atomic mass is 10.0. The second-order valence-corrected chi connectivity index (χ2v) is 16.7. The van der Waals surface area contributed by atoms with Gasteiger partial charge in [0.05, 0.1) is 40.0 Å². The van der Waals surface area contributed by atoms with Gasteiger partial charge >= 0.3 is 11.9 Å². The molecular formula is C42H78NO10P. The molecule has 0 aliphatic carbocycles. The monoisotopic (exact) mass is 788 g/mol. The van der Waals surface area contributed by atoms with E-state index in [-0.39, 0.29) is 38.9 Å². The molecule has 0 bridgehead atoms. The van der Waals surface area contributed by atoms with Crippen LogP contribution in [0.15, 0.2) is 36.5 Å². The van der Waals surface area contributed by atoms with E-state index in [1.165, 1.54) is 64.2 Å². The van der Waals surface area contributed by atoms with Crippen molar-refractivity contribution in [3.8, 4) is 0 Å². The first-order valence-corrected chi connectivity index (χ1v) is 22.3. The first-order valence-electron chi connectivity index (χ1n) is 20.9. The normalized spacial score (nSPS) is 15.2. The number of unbranched alkanes of at least 4 members (excludes halogenated alkanes) is 13. The third-order valence-corrected chi connectivity index (χ3v) is 9.83. The van der Waals surface area contributed by atoms with Gasteiger partial charge in [-0.1, -0.05) is 127 Å². The predicted octanol–water partition coefficient (Wildman–Crippen LogP) is 8.66. The SMILES string of the molecule is CCCCC/C=C\C/C=C\C/C=C\CC(O)C(O)CCCC(=O)OC[C@H](COP(=O)([O-])OCC[N+](C)(C)C)OC(=O)CCCCCCCCCCCCC. The Morgan fingerprint density at radius 2 is 1.20 bits per heavy atom. The molecule has 11 nitrogen and oxygen atoms in total. The van der Waals surface area contributed by atoms with Crippen molar-refractivity contribution in [1.29, 1.82) is 0 Å². The molecule has 0 saturated heterocycles. The number of rotatable bonds is 37. The zero-order valence-corrected chi connectivity index (χ0v) is 35.5. The summed E-state index contributed by atoms with van der Waals surface area (Å²) in [7, 11) is 1.01. The van der Waals surface area contributed by atoms with Crippen LogP contribution in [0.25, 0.3) is 0 Å². The van der Waals surface area contributed by atoms with Gasteiger partial charge in [-0.2, -0.15) is 0 Å². The van der Waals surface area contributed by atoms with Crippen molar-refractivity contribution in [3.63, 3.8) is 0 Å². The standard InChI is InChI=1S/C42H78NO10P/c1-6-8-10-12-14-16-18-20-21-23-25-27-30-39(44)40(45)31-29-33-41(46)50-36-38(37-52-54(48,49)51-35-34-43(3,4)5)53-42(47)32-28-26-24-22-19-17-15-13-11-9-7-2/h14,16,20-21,25,27,38-40,44-45H,6-13,15,17-19,22-24,26,28-37H2,1-5H3/b16-14-,21-20-,27-25-/t38-,39?,40?/m1/s1. The van der Waals surface area contributed by atoms with Crippen molar-refractivity contribution in [2.24, 2.45) is 0 Å². The number of nitrogens with zero attached hydrogens (tertiary/aromatic N) is 1. The Bertz CT molecular complexity index is 1060. The summed E-state index contributed by atoms with van der Waals surface area (Å²) in [5, 5.41) is 20.7. The highest BCUT2D eigenvalue weighted by atomic mass is 31.2. The van der Waals surface area contributed by atoms with Gasteiger partial charge in [-0.3, -0.25) is 14.2 Å². The van der Waals surface area contributed by atoms with Crippen LogP contribution in [0.2, 0.25) is 0 Å². The average Bonchev–Trinajstić information content (AvgIpc) is 3.11. The largest absolute Gasteiger partial charge is 0.756 e. The molecule has 54 heavy (non-hydrogen) atoms. The number of quaternary nitrogens is 1. The molecule has 3 unspecified atom stereocenters. The minimum absolute atomic E-state index is 0.0358. The molecule has 316 valence electrons. The summed E-state index contributed by atoms with van der Waals surface area (Å²) in [6.45, 7) is 3.84. The molecule has 0 aromatic carbocycles. The van der Waals surface area contributed by atoms with Gasteiger partial charge in [0.2, 0.25) is 0 Å². The van der Waals surface area contributed by atoms with Crippen LogP contribution < -0.4 is 4.89 Å². The molecule has 2 N–H and O–H groups in total. The second kappa shape index (κ2) is 34.4. The van der Waals surface area contributed by atoms with Crippen LogP contribution in [-0.4, -0.2) is 92.5 Å². The number of allylic oxidation sites excluding steroid dienone is 5. The Hall–Kier alpha value is -1.85. The van der Waals surface area contributed by atoms with Gasteiger partial charge in [-0.15, -0.1) is 0 Å². The van der Waals surface area contributed by atoms with Crippen molar-refractivity contribution in [2.75, 3.05) is 47.5 Å². The van der Waals surface area contributed by atoms with Gasteiger partial charge in [-0.05, 0) is 51.4 Å². The van der Waals surface area contributed by atoms with Crippen molar-refractivity contribution < 1.29 is 52.3 Å². The molecule has 0 aromatic rings. The van der Waals surface area contributed by atoms with Gasteiger partial charge in [0.1, 0.15) is 19.8 Å². The number of phosphoric acid groups is 1. The molecule has 12 heteroatoms. The third-order valence-electron chi connectivity index (χ3n) is 8.86. The molecule has 0 saturated carbocycles. The minimum Gasteiger partial charge on any atom is -0.756 e. The molecule has 4 atom stereocenters. The lowest BCUT2D eigenvalue weighted by molar-refractivity contribution is -0.870. The van der Waals surface area contributed by atoms with Crippen LogP contribution in [0.5, 0.6) is 0 Å². The van der Waals surface area contributed by atoms with Gasteiger partial charge in [0, 0.05) is 12.8 Å². The number of carbonyl (C=O) groups is 2. The molecule has 0 amide bonds. The maximum absolute atomic E-state index is 12.6. The smallest absolute Gasteiger partial charge is 0.306 e.